The van der Waals surface area contributed by atoms with Crippen molar-refractivity contribution < 1.29 is 20.4 Å². The van der Waals surface area contributed by atoms with Gasteiger partial charge in [0.25, 0.3) is 0 Å². The summed E-state index contributed by atoms with van der Waals surface area (Å²) >= 11 is 0. The molecule has 11 unspecified atom stereocenters. The molecule has 0 radical (unpaired) electrons. The van der Waals surface area contributed by atoms with Crippen molar-refractivity contribution in [2.75, 3.05) is 0 Å². The summed E-state index contributed by atoms with van der Waals surface area (Å²) in [6, 6.07) is 35.2. The van der Waals surface area contributed by atoms with E-state index >= 15 is 0 Å². The second kappa shape index (κ2) is 28.0. The van der Waals surface area contributed by atoms with Gasteiger partial charge in [-0.3, -0.25) is 0 Å². The van der Waals surface area contributed by atoms with Crippen LogP contribution in [0.1, 0.15) is 312 Å². The zero-order valence-corrected chi connectivity index (χ0v) is 54.1. The number of hydrogen-bond donors (Lipinski definition) is 4. The van der Waals surface area contributed by atoms with Crippen LogP contribution in [0, 0.1) is 52.8 Å². The summed E-state index contributed by atoms with van der Waals surface area (Å²) in [7, 11) is 0. The molecule has 4 nitrogen and oxygen atoms in total. The predicted octanol–water partition coefficient (Wildman–Crippen LogP) is 20.8. The minimum absolute atomic E-state index is 0.139. The second-order valence-corrected chi connectivity index (χ2v) is 29.3. The van der Waals surface area contributed by atoms with Crippen LogP contribution in [0.15, 0.2) is 97.1 Å². The Bertz CT molecular complexity index is 2490. The Hall–Kier alpha value is -3.28. The van der Waals surface area contributed by atoms with Gasteiger partial charge in [-0.1, -0.05) is 205 Å². The van der Waals surface area contributed by atoms with Crippen LogP contribution in [0.3, 0.4) is 0 Å². The number of aliphatic hydroxyl groups is 4. The van der Waals surface area contributed by atoms with Crippen molar-refractivity contribution >= 4 is 0 Å². The normalized spacial score (nSPS) is 29.2. The Balaban J connectivity index is 0.000000144. The molecule has 8 aliphatic carbocycles. The van der Waals surface area contributed by atoms with Crippen molar-refractivity contribution in [3.63, 3.8) is 0 Å². The van der Waals surface area contributed by atoms with E-state index in [1.807, 2.05) is 6.92 Å². The second-order valence-electron chi connectivity index (χ2n) is 29.3. The summed E-state index contributed by atoms with van der Waals surface area (Å²) < 4.78 is 0. The standard InChI is InChI=1S/C22H32O.C19H28O.C19H30O.C18H28O/c1-4-15(2)19-5-7-20(8-6-19)21(3,23)22-12-16-9-17(13-22)11-18(10-16)14-22;1-4-13(2)15-7-9-17(10-8-15)19(3,20)18-12-14-5-6-16(18)11-14;1-4-15(3)16-11-13-18(14-12-16)19(20,5-2)17-9-7-6-8-10-17;1-4-14(3)15-10-12-17(13-11-15)18(19,5-2)16-8-6-7-9-16/h5-8,15-18,23H,4,9-14H2,1-3H3;7-10,13-14,16,18,20H,4-6,11-12H2,1-3H3;11-15,17,20H,4-10H2,1-3H3;10-14,16,19H,4-9H2,1-3H3. The van der Waals surface area contributed by atoms with Crippen LogP contribution in [-0.4, -0.2) is 20.4 Å². The minimum atomic E-state index is -0.670. The molecule has 0 spiro atoms. The van der Waals surface area contributed by atoms with E-state index in [1.54, 1.807) is 0 Å². The van der Waals surface area contributed by atoms with Gasteiger partial charge in [-0.25, -0.2) is 0 Å². The van der Waals surface area contributed by atoms with E-state index in [0.717, 1.165) is 64.7 Å². The third kappa shape index (κ3) is 14.1. The highest BCUT2D eigenvalue weighted by Crippen LogP contribution is 2.66. The molecule has 0 heterocycles. The van der Waals surface area contributed by atoms with Crippen LogP contribution in [0.2, 0.25) is 0 Å². The highest BCUT2D eigenvalue weighted by Gasteiger charge is 2.59. The Kier molecular flexibility index (Phi) is 22.1. The highest BCUT2D eigenvalue weighted by atomic mass is 16.3. The maximum absolute atomic E-state index is 11.6. The van der Waals surface area contributed by atoms with E-state index in [-0.39, 0.29) is 5.41 Å². The smallest absolute Gasteiger partial charge is 0.0924 e. The van der Waals surface area contributed by atoms with Crippen molar-refractivity contribution in [2.24, 2.45) is 52.8 Å². The fourth-order valence-electron chi connectivity index (χ4n) is 18.0. The van der Waals surface area contributed by atoms with E-state index in [1.165, 1.54) is 170 Å². The minimum Gasteiger partial charge on any atom is -0.385 e. The Morgan fingerprint density at radius 2 is 0.720 bits per heavy atom. The average molecular weight is 1120 g/mol. The van der Waals surface area contributed by atoms with E-state index in [4.69, 9.17) is 0 Å². The monoisotopic (exact) mass is 1120 g/mol. The van der Waals surface area contributed by atoms with Gasteiger partial charge in [-0.15, -0.1) is 0 Å². The third-order valence-electron chi connectivity index (χ3n) is 24.4. The molecule has 4 aromatic rings. The molecule has 4 aromatic carbocycles. The molecular weight excluding hydrogens is 1000 g/mol. The SMILES string of the molecule is CCC(C)c1ccc(C(C)(O)C23CC4CC(CC(C4)C2)C3)cc1.CCC(C)c1ccc(C(C)(O)C2CC3CCC2C3)cc1.CCC(C)c1ccc(C(O)(CC)C2CCCC2)cc1.CCC(C)c1ccc(C(O)(CC)C2CCCCC2)cc1. The Morgan fingerprint density at radius 3 is 1.02 bits per heavy atom. The highest BCUT2D eigenvalue weighted by molar-refractivity contribution is 5.34. The summed E-state index contributed by atoms with van der Waals surface area (Å²) in [5.74, 6) is 8.07. The molecule has 8 aliphatic rings. The first-order valence-corrected chi connectivity index (χ1v) is 34.5. The zero-order valence-electron chi connectivity index (χ0n) is 54.1. The molecule has 4 heteroatoms. The number of hydrogen-bond acceptors (Lipinski definition) is 4. The van der Waals surface area contributed by atoms with Gasteiger partial charge in [0.15, 0.2) is 0 Å². The Labute approximate surface area is 501 Å². The van der Waals surface area contributed by atoms with Crippen molar-refractivity contribution in [3.05, 3.63) is 142 Å². The summed E-state index contributed by atoms with van der Waals surface area (Å²) in [4.78, 5) is 0. The summed E-state index contributed by atoms with van der Waals surface area (Å²) in [5.41, 5.74) is 7.66. The van der Waals surface area contributed by atoms with Crippen molar-refractivity contribution in [1.29, 1.82) is 0 Å². The molecule has 0 aromatic heterocycles. The van der Waals surface area contributed by atoms with Crippen LogP contribution in [0.5, 0.6) is 0 Å². The molecule has 454 valence electrons. The summed E-state index contributed by atoms with van der Waals surface area (Å²) in [6.07, 6.45) is 30.8. The lowest BCUT2D eigenvalue weighted by molar-refractivity contribution is -0.176. The first-order valence-electron chi connectivity index (χ1n) is 34.5. The van der Waals surface area contributed by atoms with Crippen LogP contribution in [0.4, 0.5) is 0 Å². The lowest BCUT2D eigenvalue weighted by Crippen LogP contribution is -2.55. The van der Waals surface area contributed by atoms with Crippen molar-refractivity contribution in [1.82, 2.24) is 0 Å². The van der Waals surface area contributed by atoms with Crippen LogP contribution >= 0.6 is 0 Å². The van der Waals surface area contributed by atoms with Gasteiger partial charge in [-0.2, -0.15) is 0 Å². The number of fused-ring (bicyclic) bond motifs is 2. The van der Waals surface area contributed by atoms with Gasteiger partial charge in [-0.05, 0) is 251 Å². The van der Waals surface area contributed by atoms with E-state index < -0.39 is 22.4 Å². The molecule has 82 heavy (non-hydrogen) atoms. The molecule has 12 rings (SSSR count). The van der Waals surface area contributed by atoms with Crippen LogP contribution in [-0.2, 0) is 22.4 Å². The fourth-order valence-corrected chi connectivity index (χ4v) is 18.0. The number of rotatable bonds is 18. The lowest BCUT2D eigenvalue weighted by atomic mass is 9.45. The molecule has 8 saturated carbocycles. The molecule has 0 aliphatic heterocycles. The summed E-state index contributed by atoms with van der Waals surface area (Å²) in [5, 5.41) is 45.0. The topological polar surface area (TPSA) is 80.9 Å². The lowest BCUT2D eigenvalue weighted by Gasteiger charge is -2.61. The molecule has 0 amide bonds. The van der Waals surface area contributed by atoms with Crippen LogP contribution in [0.25, 0.3) is 0 Å². The zero-order chi connectivity index (χ0) is 59.0. The fraction of sp³-hybridized carbons (Fsp3) is 0.692. The average Bonchev–Trinajstić information content (AvgIpc) is 1.89. The van der Waals surface area contributed by atoms with Crippen molar-refractivity contribution in [3.8, 4) is 0 Å². The number of benzene rings is 4. The van der Waals surface area contributed by atoms with Gasteiger partial charge in [0.2, 0.25) is 0 Å². The van der Waals surface area contributed by atoms with Gasteiger partial charge in [0.05, 0.1) is 22.4 Å². The quantitative estimate of drug-likeness (QED) is 0.0800. The largest absolute Gasteiger partial charge is 0.385 e. The summed E-state index contributed by atoms with van der Waals surface area (Å²) in [6.45, 7) is 26.4. The van der Waals surface area contributed by atoms with Crippen molar-refractivity contribution in [2.45, 2.75) is 290 Å². The van der Waals surface area contributed by atoms with Gasteiger partial charge >= 0.3 is 0 Å². The first kappa shape index (κ1) is 64.7. The maximum Gasteiger partial charge on any atom is 0.0924 e. The first-order chi connectivity index (χ1) is 39.2. The molecule has 8 fully saturated rings. The van der Waals surface area contributed by atoms with E-state index in [0.29, 0.717) is 41.4 Å². The van der Waals surface area contributed by atoms with Crippen LogP contribution < -0.4 is 0 Å². The molecular formula is C78H118O4. The maximum atomic E-state index is 11.6. The molecule has 6 bridgehead atoms. The predicted molar refractivity (Wildman–Crippen MR) is 346 cm³/mol. The molecule has 0 saturated heterocycles. The van der Waals surface area contributed by atoms with Gasteiger partial charge in [0.1, 0.15) is 0 Å². The van der Waals surface area contributed by atoms with E-state index in [2.05, 4.69) is 173 Å². The Morgan fingerprint density at radius 1 is 0.390 bits per heavy atom. The van der Waals surface area contributed by atoms with E-state index in [9.17, 15) is 20.4 Å². The molecule has 11 atom stereocenters. The molecule has 4 N–H and O–H groups in total. The van der Waals surface area contributed by atoms with Gasteiger partial charge < -0.3 is 20.4 Å². The third-order valence-corrected chi connectivity index (χ3v) is 24.4. The van der Waals surface area contributed by atoms with Gasteiger partial charge in [0, 0.05) is 5.41 Å².